The summed E-state index contributed by atoms with van der Waals surface area (Å²) in [5, 5.41) is 11.5. The molecular weight excluding hydrogens is 314 g/mol. The Balaban J connectivity index is 2.46. The maximum absolute atomic E-state index is 12.7. The third-order valence-corrected chi connectivity index (χ3v) is 5.78. The smallest absolute Gasteiger partial charge is 0.224 e. The Morgan fingerprint density at radius 2 is 1.48 bits per heavy atom. The van der Waals surface area contributed by atoms with Crippen LogP contribution in [-0.2, 0) is 9.84 Å². The summed E-state index contributed by atoms with van der Waals surface area (Å²) in [5.74, 6) is -1.06. The van der Waals surface area contributed by atoms with Gasteiger partial charge in [0.05, 0.1) is 16.6 Å². The first-order valence-corrected chi connectivity index (χ1v) is 8.87. The summed E-state index contributed by atoms with van der Waals surface area (Å²) in [6, 6.07) is 16.8. The molecule has 23 heavy (non-hydrogen) atoms. The van der Waals surface area contributed by atoms with Crippen LogP contribution < -0.4 is 0 Å². The lowest BCUT2D eigenvalue weighted by atomic mass is 9.84. The van der Waals surface area contributed by atoms with E-state index in [2.05, 4.69) is 0 Å². The van der Waals surface area contributed by atoms with Crippen molar-refractivity contribution in [2.75, 3.05) is 5.75 Å². The van der Waals surface area contributed by atoms with E-state index in [0.29, 0.717) is 5.56 Å². The lowest BCUT2D eigenvalue weighted by Crippen LogP contribution is -2.41. The molecule has 0 aromatic heterocycles. The van der Waals surface area contributed by atoms with Crippen molar-refractivity contribution in [1.82, 2.24) is 0 Å². The molecule has 5 nitrogen and oxygen atoms in total. The number of nitrogens with zero attached hydrogens (tertiary/aromatic N) is 1. The largest absolute Gasteiger partial charge is 0.264 e. The Bertz CT molecular complexity index is 771. The van der Waals surface area contributed by atoms with Gasteiger partial charge in [0.15, 0.2) is 9.84 Å². The van der Waals surface area contributed by atoms with Gasteiger partial charge in [-0.3, -0.25) is 10.1 Å². The summed E-state index contributed by atoms with van der Waals surface area (Å²) < 4.78 is 25.3. The fourth-order valence-corrected chi connectivity index (χ4v) is 4.27. The van der Waals surface area contributed by atoms with Gasteiger partial charge >= 0.3 is 0 Å². The third-order valence-electron chi connectivity index (χ3n) is 4.01. The number of hydrogen-bond acceptors (Lipinski definition) is 4. The first-order chi connectivity index (χ1) is 10.7. The normalized spacial score (nSPS) is 13.5. The van der Waals surface area contributed by atoms with Crippen LogP contribution in [0.25, 0.3) is 0 Å². The minimum Gasteiger partial charge on any atom is -0.264 e. The van der Waals surface area contributed by atoms with E-state index in [0.717, 1.165) is 0 Å². The van der Waals surface area contributed by atoms with Crippen LogP contribution in [-0.4, -0.2) is 24.6 Å². The minimum atomic E-state index is -3.63. The molecule has 0 aliphatic heterocycles. The molecule has 0 aliphatic rings. The molecule has 6 heteroatoms. The minimum absolute atomic E-state index is 0.181. The molecule has 0 amide bonds. The topological polar surface area (TPSA) is 77.3 Å². The third kappa shape index (κ3) is 3.76. The monoisotopic (exact) mass is 333 g/mol. The Labute approximate surface area is 136 Å². The summed E-state index contributed by atoms with van der Waals surface area (Å²) >= 11 is 0. The van der Waals surface area contributed by atoms with Crippen molar-refractivity contribution in [3.63, 3.8) is 0 Å². The number of rotatable bonds is 6. The number of hydrogen-bond donors (Lipinski definition) is 0. The number of sulfone groups is 1. The first-order valence-electron chi connectivity index (χ1n) is 7.22. The van der Waals surface area contributed by atoms with Gasteiger partial charge < -0.3 is 0 Å². The van der Waals surface area contributed by atoms with Gasteiger partial charge in [0, 0.05) is 18.8 Å². The van der Waals surface area contributed by atoms with Gasteiger partial charge in [-0.2, -0.15) is 0 Å². The molecule has 0 spiro atoms. The molecule has 2 aromatic rings. The second-order valence-electron chi connectivity index (χ2n) is 5.97. The molecule has 1 atom stereocenters. The van der Waals surface area contributed by atoms with Gasteiger partial charge in [-0.05, 0) is 17.7 Å². The Hall–Kier alpha value is -2.21. The van der Waals surface area contributed by atoms with Gasteiger partial charge in [-0.25, -0.2) is 8.42 Å². The Kier molecular flexibility index (Phi) is 4.85. The summed E-state index contributed by atoms with van der Waals surface area (Å²) in [5.41, 5.74) is -0.753. The molecule has 0 saturated carbocycles. The average Bonchev–Trinajstić information content (AvgIpc) is 2.54. The number of nitro groups is 1. The van der Waals surface area contributed by atoms with E-state index >= 15 is 0 Å². The van der Waals surface area contributed by atoms with E-state index in [-0.39, 0.29) is 10.6 Å². The Morgan fingerprint density at radius 1 is 1.00 bits per heavy atom. The maximum atomic E-state index is 12.7. The van der Waals surface area contributed by atoms with Crippen LogP contribution in [0.3, 0.4) is 0 Å². The van der Waals surface area contributed by atoms with E-state index in [1.54, 1.807) is 48.5 Å². The summed E-state index contributed by atoms with van der Waals surface area (Å²) in [6.45, 7) is 2.93. The van der Waals surface area contributed by atoms with Crippen molar-refractivity contribution in [3.8, 4) is 0 Å². The van der Waals surface area contributed by atoms with Crippen LogP contribution in [0.15, 0.2) is 65.6 Å². The predicted molar refractivity (Wildman–Crippen MR) is 88.8 cm³/mol. The molecule has 0 saturated heterocycles. The highest BCUT2D eigenvalue weighted by Gasteiger charge is 2.44. The van der Waals surface area contributed by atoms with Crippen LogP contribution in [0.5, 0.6) is 0 Å². The number of benzene rings is 2. The molecular formula is C17H19NO4S. The summed E-state index contributed by atoms with van der Waals surface area (Å²) in [6.07, 6.45) is 0. The summed E-state index contributed by atoms with van der Waals surface area (Å²) in [7, 11) is -3.63. The van der Waals surface area contributed by atoms with Crippen LogP contribution in [0.2, 0.25) is 0 Å². The van der Waals surface area contributed by atoms with Gasteiger partial charge in [0.1, 0.15) is 0 Å². The predicted octanol–water partition coefficient (Wildman–Crippen LogP) is 3.30. The standard InChI is InChI=1S/C17H19NO4S/c1-17(2,18(19)20)16(14-9-5-3-6-10-14)13-23(21,22)15-11-7-4-8-12-15/h3-12,16H,13H2,1-2H3. The quantitative estimate of drug-likeness (QED) is 0.600. The van der Waals surface area contributed by atoms with E-state index in [4.69, 9.17) is 0 Å². The van der Waals surface area contributed by atoms with E-state index in [9.17, 15) is 18.5 Å². The summed E-state index contributed by atoms with van der Waals surface area (Å²) in [4.78, 5) is 11.2. The lowest BCUT2D eigenvalue weighted by Gasteiger charge is -2.27. The fourth-order valence-electron chi connectivity index (χ4n) is 2.46. The molecule has 0 radical (unpaired) electrons. The zero-order chi connectivity index (χ0) is 17.1. The van der Waals surface area contributed by atoms with Crippen LogP contribution >= 0.6 is 0 Å². The van der Waals surface area contributed by atoms with Crippen LogP contribution in [0.4, 0.5) is 0 Å². The molecule has 0 fully saturated rings. The van der Waals surface area contributed by atoms with Gasteiger partial charge in [-0.1, -0.05) is 48.5 Å². The highest BCUT2D eigenvalue weighted by atomic mass is 32.2. The van der Waals surface area contributed by atoms with Crippen molar-refractivity contribution >= 4 is 9.84 Å². The first kappa shape index (κ1) is 17.1. The van der Waals surface area contributed by atoms with Gasteiger partial charge in [0.25, 0.3) is 0 Å². The van der Waals surface area contributed by atoms with Crippen LogP contribution in [0, 0.1) is 10.1 Å². The zero-order valence-electron chi connectivity index (χ0n) is 13.0. The second-order valence-corrected chi connectivity index (χ2v) is 8.00. The molecule has 0 heterocycles. The van der Waals surface area contributed by atoms with Gasteiger partial charge in [-0.15, -0.1) is 0 Å². The van der Waals surface area contributed by atoms with Crippen molar-refractivity contribution in [3.05, 3.63) is 76.3 Å². The molecule has 0 aliphatic carbocycles. The van der Waals surface area contributed by atoms with E-state index < -0.39 is 26.2 Å². The highest BCUT2D eigenvalue weighted by Crippen LogP contribution is 2.33. The SMILES string of the molecule is CC(C)(C(CS(=O)(=O)c1ccccc1)c1ccccc1)[N+](=O)[O-]. The van der Waals surface area contributed by atoms with Crippen molar-refractivity contribution in [1.29, 1.82) is 0 Å². The van der Waals surface area contributed by atoms with Crippen molar-refractivity contribution in [2.45, 2.75) is 30.2 Å². The Morgan fingerprint density at radius 3 is 1.96 bits per heavy atom. The molecule has 2 aromatic carbocycles. The van der Waals surface area contributed by atoms with Crippen LogP contribution in [0.1, 0.15) is 25.3 Å². The average molecular weight is 333 g/mol. The van der Waals surface area contributed by atoms with Crippen molar-refractivity contribution in [2.24, 2.45) is 0 Å². The highest BCUT2D eigenvalue weighted by molar-refractivity contribution is 7.91. The molecule has 0 bridgehead atoms. The maximum Gasteiger partial charge on any atom is 0.224 e. The lowest BCUT2D eigenvalue weighted by molar-refractivity contribution is -0.564. The second kappa shape index (κ2) is 6.50. The molecule has 122 valence electrons. The van der Waals surface area contributed by atoms with Crippen molar-refractivity contribution < 1.29 is 13.3 Å². The molecule has 0 N–H and O–H groups in total. The van der Waals surface area contributed by atoms with Gasteiger partial charge in [0.2, 0.25) is 5.54 Å². The van der Waals surface area contributed by atoms with E-state index in [1.165, 1.54) is 26.0 Å². The fraction of sp³-hybridized carbons (Fsp3) is 0.294. The van der Waals surface area contributed by atoms with E-state index in [1.807, 2.05) is 0 Å². The zero-order valence-corrected chi connectivity index (χ0v) is 13.9. The molecule has 2 rings (SSSR count). The molecule has 1 unspecified atom stereocenters.